The number of anilines is 1. The van der Waals surface area contributed by atoms with Gasteiger partial charge < -0.3 is 9.64 Å². The normalized spacial score (nSPS) is 18.4. The maximum Gasteiger partial charge on any atom is 0.263 e. The summed E-state index contributed by atoms with van der Waals surface area (Å²) in [6.45, 7) is 4.85. The van der Waals surface area contributed by atoms with E-state index in [2.05, 4.69) is 13.0 Å². The zero-order valence-corrected chi connectivity index (χ0v) is 20.9. The highest BCUT2D eigenvalue weighted by Crippen LogP contribution is 2.37. The molecule has 33 heavy (non-hydrogen) atoms. The second kappa shape index (κ2) is 9.24. The van der Waals surface area contributed by atoms with E-state index in [9.17, 15) is 9.59 Å². The van der Waals surface area contributed by atoms with Crippen molar-refractivity contribution in [1.29, 1.82) is 0 Å². The number of amides is 1. The molecule has 0 unspecified atom stereocenters. The summed E-state index contributed by atoms with van der Waals surface area (Å²) in [4.78, 5) is 36.0. The first-order valence-corrected chi connectivity index (χ1v) is 13.3. The number of fused-ring (bicyclic) bond motifs is 4. The zero-order chi connectivity index (χ0) is 23.1. The lowest BCUT2D eigenvalue weighted by molar-refractivity contribution is -0.118. The van der Waals surface area contributed by atoms with E-state index < -0.39 is 0 Å². The molecule has 0 bridgehead atoms. The van der Waals surface area contributed by atoms with Crippen molar-refractivity contribution in [1.82, 2.24) is 9.55 Å². The number of hydrogen-bond acceptors (Lipinski definition) is 6. The third-order valence-electron chi connectivity index (χ3n) is 6.63. The van der Waals surface area contributed by atoms with Gasteiger partial charge in [0, 0.05) is 23.7 Å². The summed E-state index contributed by atoms with van der Waals surface area (Å²) in [7, 11) is 1.63. The molecule has 1 aliphatic heterocycles. The molecule has 3 aromatic rings. The molecule has 1 aromatic carbocycles. The van der Waals surface area contributed by atoms with E-state index in [1.54, 1.807) is 23.0 Å². The van der Waals surface area contributed by atoms with Gasteiger partial charge in [0.1, 0.15) is 4.83 Å². The number of thioether (sulfide) groups is 1. The van der Waals surface area contributed by atoms with Crippen LogP contribution in [0.5, 0.6) is 0 Å². The summed E-state index contributed by atoms with van der Waals surface area (Å²) in [5.41, 5.74) is 3.39. The highest BCUT2D eigenvalue weighted by atomic mass is 32.2. The number of thiophene rings is 1. The van der Waals surface area contributed by atoms with Gasteiger partial charge in [0.05, 0.1) is 23.8 Å². The molecule has 0 saturated heterocycles. The summed E-state index contributed by atoms with van der Waals surface area (Å²) >= 11 is 3.03. The maximum absolute atomic E-state index is 13.6. The molecule has 1 amide bonds. The van der Waals surface area contributed by atoms with Crippen LogP contribution >= 0.6 is 23.1 Å². The molecule has 6 nitrogen and oxygen atoms in total. The summed E-state index contributed by atoms with van der Waals surface area (Å²) in [5.74, 6) is 0.0514. The van der Waals surface area contributed by atoms with Crippen molar-refractivity contribution in [3.63, 3.8) is 0 Å². The van der Waals surface area contributed by atoms with E-state index in [0.717, 1.165) is 41.6 Å². The van der Waals surface area contributed by atoms with Gasteiger partial charge >= 0.3 is 0 Å². The Morgan fingerprint density at radius 2 is 2.09 bits per heavy atom. The SMILES string of the molecule is COCCn1c(S[C@@H](C)C(=O)N2c3ccccc3C[C@@H]2C)nc2sc3c(c2c1=O)CCCC3. The predicted octanol–water partition coefficient (Wildman–Crippen LogP) is 4.44. The number of para-hydroxylation sites is 1. The highest BCUT2D eigenvalue weighted by molar-refractivity contribution is 8.00. The standard InChI is InChI=1S/C25H29N3O3S2/c1-15-14-17-8-4-6-10-19(17)28(15)23(29)16(2)32-25-26-22-21(24(30)27(25)12-13-31-3)18-9-5-7-11-20(18)33-22/h4,6,8,10,15-16H,5,7,9,11-14H2,1-3H3/t15-,16-/m0/s1. The number of nitrogens with zero attached hydrogens (tertiary/aromatic N) is 3. The first kappa shape index (κ1) is 22.6. The number of hydrogen-bond donors (Lipinski definition) is 0. The fraction of sp³-hybridized carbons (Fsp3) is 0.480. The van der Waals surface area contributed by atoms with Crippen molar-refractivity contribution < 1.29 is 9.53 Å². The van der Waals surface area contributed by atoms with Crippen molar-refractivity contribution in [3.8, 4) is 0 Å². The first-order chi connectivity index (χ1) is 16.0. The van der Waals surface area contributed by atoms with Gasteiger partial charge in [-0.15, -0.1) is 11.3 Å². The molecule has 2 aliphatic rings. The summed E-state index contributed by atoms with van der Waals surface area (Å²) in [6, 6.07) is 8.22. The lowest BCUT2D eigenvalue weighted by Gasteiger charge is -2.26. The molecule has 0 saturated carbocycles. The van der Waals surface area contributed by atoms with Crippen molar-refractivity contribution in [2.75, 3.05) is 18.6 Å². The fourth-order valence-corrected chi connectivity index (χ4v) is 7.28. The summed E-state index contributed by atoms with van der Waals surface area (Å²) in [5, 5.41) is 1.01. The van der Waals surface area contributed by atoms with Crippen LogP contribution < -0.4 is 10.5 Å². The van der Waals surface area contributed by atoms with Gasteiger partial charge in [-0.25, -0.2) is 4.98 Å². The molecular weight excluding hydrogens is 454 g/mol. The number of aryl methyl sites for hydroxylation is 2. The van der Waals surface area contributed by atoms with Crippen LogP contribution in [-0.4, -0.2) is 40.5 Å². The van der Waals surface area contributed by atoms with E-state index in [4.69, 9.17) is 9.72 Å². The maximum atomic E-state index is 13.6. The Labute approximate surface area is 202 Å². The van der Waals surface area contributed by atoms with Crippen molar-refractivity contribution in [2.45, 2.75) is 68.9 Å². The molecule has 8 heteroatoms. The zero-order valence-electron chi connectivity index (χ0n) is 19.3. The topological polar surface area (TPSA) is 64.4 Å². The molecule has 2 aromatic heterocycles. The number of ether oxygens (including phenoxy) is 1. The van der Waals surface area contributed by atoms with Crippen LogP contribution in [0.3, 0.4) is 0 Å². The van der Waals surface area contributed by atoms with Crippen molar-refractivity contribution >= 4 is 44.9 Å². The fourth-order valence-electron chi connectivity index (χ4n) is 5.00. The Balaban J connectivity index is 1.50. The minimum Gasteiger partial charge on any atom is -0.383 e. The lowest BCUT2D eigenvalue weighted by Crippen LogP contribution is -2.40. The van der Waals surface area contributed by atoms with Crippen LogP contribution in [0, 0.1) is 0 Å². The van der Waals surface area contributed by atoms with Crippen LogP contribution in [-0.2, 0) is 35.3 Å². The van der Waals surface area contributed by atoms with Gasteiger partial charge in [-0.05, 0) is 63.1 Å². The van der Waals surface area contributed by atoms with Gasteiger partial charge in [0.2, 0.25) is 5.91 Å². The molecule has 2 atom stereocenters. The van der Waals surface area contributed by atoms with E-state index in [1.807, 2.05) is 30.0 Å². The number of methoxy groups -OCH3 is 1. The minimum atomic E-state index is -0.369. The molecule has 0 radical (unpaired) electrons. The Hall–Kier alpha value is -2.16. The summed E-state index contributed by atoms with van der Waals surface area (Å²) in [6.07, 6.45) is 5.12. The average molecular weight is 484 g/mol. The predicted molar refractivity (Wildman–Crippen MR) is 135 cm³/mol. The number of aromatic nitrogens is 2. The van der Waals surface area contributed by atoms with E-state index in [0.29, 0.717) is 18.3 Å². The molecule has 0 fully saturated rings. The summed E-state index contributed by atoms with van der Waals surface area (Å²) < 4.78 is 6.99. The molecule has 174 valence electrons. The average Bonchev–Trinajstić information content (AvgIpc) is 3.34. The largest absolute Gasteiger partial charge is 0.383 e. The van der Waals surface area contributed by atoms with Crippen LogP contribution in [0.1, 0.15) is 42.7 Å². The Bertz CT molecular complexity index is 1270. The smallest absolute Gasteiger partial charge is 0.263 e. The van der Waals surface area contributed by atoms with E-state index >= 15 is 0 Å². The minimum absolute atomic E-state index is 0.00140. The van der Waals surface area contributed by atoms with Gasteiger partial charge in [-0.3, -0.25) is 14.2 Å². The lowest BCUT2D eigenvalue weighted by atomic mass is 9.97. The van der Waals surface area contributed by atoms with Gasteiger partial charge in [0.15, 0.2) is 5.16 Å². The Morgan fingerprint density at radius 1 is 1.30 bits per heavy atom. The molecule has 1 aliphatic carbocycles. The second-order valence-electron chi connectivity index (χ2n) is 8.89. The number of carbonyl (C=O) groups excluding carboxylic acids is 1. The quantitative estimate of drug-likeness (QED) is 0.383. The Kier molecular flexibility index (Phi) is 6.33. The number of rotatable bonds is 6. The third kappa shape index (κ3) is 4.02. The highest BCUT2D eigenvalue weighted by Gasteiger charge is 2.34. The van der Waals surface area contributed by atoms with Crippen molar-refractivity contribution in [2.24, 2.45) is 0 Å². The Morgan fingerprint density at radius 3 is 2.91 bits per heavy atom. The van der Waals surface area contributed by atoms with Gasteiger partial charge in [-0.2, -0.15) is 0 Å². The molecule has 3 heterocycles. The van der Waals surface area contributed by atoms with Crippen LogP contribution in [0.4, 0.5) is 5.69 Å². The van der Waals surface area contributed by atoms with E-state index in [-0.39, 0.29) is 22.8 Å². The molecule has 0 N–H and O–H groups in total. The van der Waals surface area contributed by atoms with E-state index in [1.165, 1.54) is 34.2 Å². The van der Waals surface area contributed by atoms with Gasteiger partial charge in [-0.1, -0.05) is 30.0 Å². The van der Waals surface area contributed by atoms with Crippen LogP contribution in [0.2, 0.25) is 0 Å². The van der Waals surface area contributed by atoms with Crippen LogP contribution in [0.15, 0.2) is 34.2 Å². The second-order valence-corrected chi connectivity index (χ2v) is 11.3. The molecule has 5 rings (SSSR count). The van der Waals surface area contributed by atoms with Crippen molar-refractivity contribution in [3.05, 3.63) is 50.6 Å². The monoisotopic (exact) mass is 483 g/mol. The number of benzene rings is 1. The third-order valence-corrected chi connectivity index (χ3v) is 8.90. The first-order valence-electron chi connectivity index (χ1n) is 11.6. The van der Waals surface area contributed by atoms with Gasteiger partial charge in [0.25, 0.3) is 5.56 Å². The molecule has 0 spiro atoms. The number of carbonyl (C=O) groups is 1. The van der Waals surface area contributed by atoms with Crippen LogP contribution in [0.25, 0.3) is 10.2 Å². The molecular formula is C25H29N3O3S2.